The van der Waals surface area contributed by atoms with Crippen molar-refractivity contribution in [1.29, 1.82) is 0 Å². The molecule has 1 aliphatic carbocycles. The fraction of sp³-hybridized carbons (Fsp3) is 0.300. The summed E-state index contributed by atoms with van der Waals surface area (Å²) in [6, 6.07) is 30.2. The highest BCUT2D eigenvalue weighted by Gasteiger charge is 2.38. The van der Waals surface area contributed by atoms with Gasteiger partial charge in [0.25, 0.3) is 11.8 Å². The molecule has 4 N–H and O–H groups in total. The quantitative estimate of drug-likeness (QED) is 0.107. The van der Waals surface area contributed by atoms with E-state index in [9.17, 15) is 24.0 Å². The van der Waals surface area contributed by atoms with Crippen molar-refractivity contribution in [3.05, 3.63) is 143 Å². The summed E-state index contributed by atoms with van der Waals surface area (Å²) in [7, 11) is 2.54. The van der Waals surface area contributed by atoms with Gasteiger partial charge in [-0.25, -0.2) is 14.6 Å². The average Bonchev–Trinajstić information content (AvgIpc) is 4.14. The number of aromatic amines is 1. The normalized spacial score (nSPS) is 17.4. The number of hydrogen-bond acceptors (Lipinski definition) is 9. The fourth-order valence-electron chi connectivity index (χ4n) is 9.40. The zero-order valence-corrected chi connectivity index (χ0v) is 36.2. The Morgan fingerprint density at radius 2 is 1.37 bits per heavy atom. The molecule has 15 nitrogen and oxygen atoms in total. The number of fused-ring (bicyclic) bond motifs is 4. The van der Waals surface area contributed by atoms with Crippen LogP contribution in [0.1, 0.15) is 82.4 Å². The summed E-state index contributed by atoms with van der Waals surface area (Å²) in [6.07, 6.45) is 4.85. The molecule has 6 aromatic rings. The number of aromatic nitrogens is 3. The predicted octanol–water partition coefficient (Wildman–Crippen LogP) is 6.97. The van der Waals surface area contributed by atoms with E-state index < -0.39 is 24.3 Å². The topological polar surface area (TPSA) is 188 Å². The zero-order chi connectivity index (χ0) is 45.0. The predicted molar refractivity (Wildman–Crippen MR) is 242 cm³/mol. The number of likely N-dealkylation sites (tertiary alicyclic amines) is 2. The highest BCUT2D eigenvalue weighted by Crippen LogP contribution is 2.39. The van der Waals surface area contributed by atoms with E-state index in [1.54, 1.807) is 23.2 Å². The maximum atomic E-state index is 14.1. The van der Waals surface area contributed by atoms with Crippen LogP contribution >= 0.6 is 0 Å². The number of carbonyl (C=O) groups is 5. The van der Waals surface area contributed by atoms with E-state index in [4.69, 9.17) is 14.5 Å². The number of H-pyrrole nitrogens is 1. The Morgan fingerprint density at radius 3 is 2.06 bits per heavy atom. The smallest absolute Gasteiger partial charge is 0.407 e. The Morgan fingerprint density at radius 1 is 0.738 bits per heavy atom. The van der Waals surface area contributed by atoms with Crippen LogP contribution in [0.4, 0.5) is 9.59 Å². The monoisotopic (exact) mass is 874 g/mol. The standard InChI is InChI=1S/C50H50N8O7/c1-64-49(62)55-42(30-11-5-3-6-12-30)47(60)57-23-9-15-37(57)29-52-46(59)36-26-35-18-17-33(27-40(35)51-28-36)32-19-21-38-34(25-32)20-22-39-44(38)54-45(53-39)41-16-10-24-58(41)48(61)43(56-50(63)65-2)31-13-7-4-8-14-31/h3-8,11-14,17-19,21,25-28,37,41-43H,9-10,15-16,20,22-24,29H2,1-2H3,(H,52,59)(H,53,54)(H,55,62)(H,56,63). The van der Waals surface area contributed by atoms with E-state index in [0.717, 1.165) is 76.9 Å². The second-order valence-corrected chi connectivity index (χ2v) is 16.6. The lowest BCUT2D eigenvalue weighted by atomic mass is 9.89. The van der Waals surface area contributed by atoms with Crippen LogP contribution in [0.25, 0.3) is 33.3 Å². The number of carbonyl (C=O) groups excluding carboxylic acids is 5. The van der Waals surface area contributed by atoms with Gasteiger partial charge in [0, 0.05) is 48.5 Å². The third-order valence-corrected chi connectivity index (χ3v) is 12.7. The van der Waals surface area contributed by atoms with Gasteiger partial charge < -0.3 is 40.2 Å². The molecule has 2 saturated heterocycles. The minimum Gasteiger partial charge on any atom is -0.453 e. The van der Waals surface area contributed by atoms with E-state index in [2.05, 4.69) is 44.1 Å². The molecule has 0 saturated carbocycles. The molecule has 65 heavy (non-hydrogen) atoms. The molecule has 0 bridgehead atoms. The lowest BCUT2D eigenvalue weighted by Gasteiger charge is -2.29. The Kier molecular flexibility index (Phi) is 12.3. The first kappa shape index (κ1) is 42.7. The largest absolute Gasteiger partial charge is 0.453 e. The van der Waals surface area contributed by atoms with Crippen molar-refractivity contribution in [2.45, 2.75) is 62.7 Å². The third kappa shape index (κ3) is 8.86. The molecule has 0 radical (unpaired) electrons. The molecular formula is C50H50N8O7. The van der Waals surface area contributed by atoms with Crippen LogP contribution < -0.4 is 16.0 Å². The van der Waals surface area contributed by atoms with Crippen molar-refractivity contribution < 1.29 is 33.4 Å². The molecule has 5 amide bonds. The Hall–Kier alpha value is -7.55. The first-order valence-corrected chi connectivity index (χ1v) is 22.0. The summed E-state index contributed by atoms with van der Waals surface area (Å²) in [5.74, 6) is -0.00885. The Labute approximate surface area is 375 Å². The van der Waals surface area contributed by atoms with Crippen LogP contribution in [0, 0.1) is 0 Å². The molecule has 3 aliphatic rings. The van der Waals surface area contributed by atoms with E-state index >= 15 is 0 Å². The molecule has 4 heterocycles. The third-order valence-electron chi connectivity index (χ3n) is 12.7. The molecular weight excluding hydrogens is 825 g/mol. The molecule has 15 heteroatoms. The summed E-state index contributed by atoms with van der Waals surface area (Å²) in [4.78, 5) is 82.7. The van der Waals surface area contributed by atoms with Gasteiger partial charge in [0.2, 0.25) is 5.91 Å². The summed E-state index contributed by atoms with van der Waals surface area (Å²) in [6.45, 7) is 1.32. The van der Waals surface area contributed by atoms with Crippen molar-refractivity contribution in [1.82, 2.24) is 40.7 Å². The number of aryl methyl sites for hydroxylation is 2. The van der Waals surface area contributed by atoms with Crippen molar-refractivity contribution >= 4 is 40.8 Å². The van der Waals surface area contributed by atoms with Gasteiger partial charge in [-0.15, -0.1) is 0 Å². The van der Waals surface area contributed by atoms with Gasteiger partial charge in [-0.05, 0) is 78.5 Å². The molecule has 332 valence electrons. The van der Waals surface area contributed by atoms with Crippen molar-refractivity contribution in [2.75, 3.05) is 33.9 Å². The summed E-state index contributed by atoms with van der Waals surface area (Å²) in [5.41, 5.74) is 8.69. The number of benzene rings is 4. The summed E-state index contributed by atoms with van der Waals surface area (Å²) in [5, 5.41) is 9.24. The van der Waals surface area contributed by atoms with Crippen LogP contribution in [0.3, 0.4) is 0 Å². The van der Waals surface area contributed by atoms with Crippen molar-refractivity contribution in [3.63, 3.8) is 0 Å². The summed E-state index contributed by atoms with van der Waals surface area (Å²) >= 11 is 0. The molecule has 4 aromatic carbocycles. The minimum absolute atomic E-state index is 0.209. The SMILES string of the molecule is COC(=O)NC(C(=O)N1CCCC1CNC(=O)c1cnc2cc(-c3ccc4c(c3)CCc3[nH]c(C5CCCN5C(=O)C(NC(=O)OC)c5ccccc5)nc3-4)ccc2c1)c1ccccc1. The highest BCUT2D eigenvalue weighted by molar-refractivity contribution is 5.98. The van der Waals surface area contributed by atoms with Gasteiger partial charge in [-0.2, -0.15) is 0 Å². The molecule has 0 spiro atoms. The van der Waals surface area contributed by atoms with Crippen LogP contribution in [-0.2, 0) is 31.9 Å². The van der Waals surface area contributed by atoms with Gasteiger partial charge in [0.15, 0.2) is 0 Å². The van der Waals surface area contributed by atoms with Crippen molar-refractivity contribution in [2.24, 2.45) is 0 Å². The van der Waals surface area contributed by atoms with Crippen molar-refractivity contribution in [3.8, 4) is 22.4 Å². The number of hydrogen-bond donors (Lipinski definition) is 4. The molecule has 2 aromatic heterocycles. The van der Waals surface area contributed by atoms with E-state index in [1.165, 1.54) is 19.8 Å². The highest BCUT2D eigenvalue weighted by atomic mass is 16.5. The lowest BCUT2D eigenvalue weighted by Crippen LogP contribution is -2.48. The first-order chi connectivity index (χ1) is 31.7. The molecule has 4 unspecified atom stereocenters. The Bertz CT molecular complexity index is 2760. The van der Waals surface area contributed by atoms with Crippen LogP contribution in [0.5, 0.6) is 0 Å². The summed E-state index contributed by atoms with van der Waals surface area (Å²) < 4.78 is 9.66. The Balaban J connectivity index is 0.867. The van der Waals surface area contributed by atoms with Gasteiger partial charge in [-0.3, -0.25) is 19.4 Å². The first-order valence-electron chi connectivity index (χ1n) is 22.0. The maximum Gasteiger partial charge on any atom is 0.407 e. The molecule has 2 aliphatic heterocycles. The second kappa shape index (κ2) is 18.7. The van der Waals surface area contributed by atoms with E-state index in [1.807, 2.05) is 77.7 Å². The number of alkyl carbamates (subject to hydrolysis) is 2. The minimum atomic E-state index is -0.916. The lowest BCUT2D eigenvalue weighted by molar-refractivity contribution is -0.135. The van der Waals surface area contributed by atoms with Crippen LogP contribution in [-0.4, -0.2) is 94.6 Å². The maximum absolute atomic E-state index is 14.1. The fourth-order valence-corrected chi connectivity index (χ4v) is 9.40. The van der Waals surface area contributed by atoms with E-state index in [-0.39, 0.29) is 36.3 Å². The number of methoxy groups -OCH3 is 2. The number of rotatable bonds is 11. The molecule has 9 rings (SSSR count). The van der Waals surface area contributed by atoms with E-state index in [0.29, 0.717) is 36.2 Å². The van der Waals surface area contributed by atoms with Gasteiger partial charge in [-0.1, -0.05) is 91.0 Å². The number of ether oxygens (including phenoxy) is 2. The molecule has 2 fully saturated rings. The number of nitrogens with one attached hydrogen (secondary N) is 4. The number of pyridine rings is 1. The van der Waals surface area contributed by atoms with Crippen LogP contribution in [0.15, 0.2) is 109 Å². The zero-order valence-electron chi connectivity index (χ0n) is 36.2. The number of nitrogens with zero attached hydrogens (tertiary/aromatic N) is 4. The van der Waals surface area contributed by atoms with Gasteiger partial charge in [0.1, 0.15) is 17.9 Å². The number of amides is 5. The van der Waals surface area contributed by atoms with Crippen LogP contribution in [0.2, 0.25) is 0 Å². The van der Waals surface area contributed by atoms with Gasteiger partial charge >= 0.3 is 12.2 Å². The average molecular weight is 875 g/mol. The molecule has 4 atom stereocenters. The number of imidazole rings is 1. The van der Waals surface area contributed by atoms with Gasteiger partial charge in [0.05, 0.1) is 37.0 Å². The second-order valence-electron chi connectivity index (χ2n) is 16.6.